The SMILES string of the molecule is Cc1cccc(-n2c(O)c(C=Nc3ccc(Cl)cn3)c(=O)[nH]c2=O)c1. The van der Waals surface area contributed by atoms with E-state index >= 15 is 0 Å². The Kier molecular flexibility index (Phi) is 4.49. The molecule has 126 valence electrons. The highest BCUT2D eigenvalue weighted by Crippen LogP contribution is 2.17. The Balaban J connectivity index is 2.12. The summed E-state index contributed by atoms with van der Waals surface area (Å²) in [6, 6.07) is 10.1. The van der Waals surface area contributed by atoms with Crippen molar-refractivity contribution in [2.75, 3.05) is 0 Å². The highest BCUT2D eigenvalue weighted by Gasteiger charge is 2.14. The van der Waals surface area contributed by atoms with E-state index in [0.717, 1.165) is 16.3 Å². The number of halogens is 1. The zero-order chi connectivity index (χ0) is 18.0. The Morgan fingerprint density at radius 2 is 2.08 bits per heavy atom. The van der Waals surface area contributed by atoms with Crippen LogP contribution in [-0.2, 0) is 0 Å². The molecule has 0 saturated carbocycles. The van der Waals surface area contributed by atoms with Crippen LogP contribution < -0.4 is 11.2 Å². The van der Waals surface area contributed by atoms with E-state index < -0.39 is 17.1 Å². The van der Waals surface area contributed by atoms with Gasteiger partial charge in [-0.15, -0.1) is 0 Å². The number of aromatic nitrogens is 3. The van der Waals surface area contributed by atoms with Gasteiger partial charge in [-0.3, -0.25) is 9.78 Å². The fraction of sp³-hybridized carbons (Fsp3) is 0.0588. The van der Waals surface area contributed by atoms with E-state index in [0.29, 0.717) is 16.5 Å². The molecule has 0 aliphatic heterocycles. The molecule has 3 aromatic rings. The van der Waals surface area contributed by atoms with E-state index in [1.54, 1.807) is 30.3 Å². The van der Waals surface area contributed by atoms with Gasteiger partial charge in [0, 0.05) is 12.4 Å². The summed E-state index contributed by atoms with van der Waals surface area (Å²) in [6.45, 7) is 1.85. The molecule has 8 heteroatoms. The number of hydrogen-bond donors (Lipinski definition) is 2. The molecule has 0 amide bonds. The maximum atomic E-state index is 12.1. The number of rotatable bonds is 3. The summed E-state index contributed by atoms with van der Waals surface area (Å²) in [5.41, 5.74) is -0.314. The van der Waals surface area contributed by atoms with E-state index in [1.165, 1.54) is 6.20 Å². The number of pyridine rings is 1. The van der Waals surface area contributed by atoms with Crippen LogP contribution in [0.25, 0.3) is 5.69 Å². The topological polar surface area (TPSA) is 100 Å². The average Bonchev–Trinajstić information content (AvgIpc) is 2.56. The molecule has 3 rings (SSSR count). The van der Waals surface area contributed by atoms with Crippen LogP contribution in [0.5, 0.6) is 5.88 Å². The lowest BCUT2D eigenvalue weighted by Crippen LogP contribution is -2.31. The van der Waals surface area contributed by atoms with Crippen LogP contribution in [0.1, 0.15) is 11.1 Å². The Labute approximate surface area is 146 Å². The summed E-state index contributed by atoms with van der Waals surface area (Å²) in [7, 11) is 0. The number of aliphatic imine (C=N–C) groups is 1. The zero-order valence-electron chi connectivity index (χ0n) is 13.1. The fourth-order valence-electron chi connectivity index (χ4n) is 2.24. The Bertz CT molecular complexity index is 1070. The van der Waals surface area contributed by atoms with Crippen molar-refractivity contribution in [3.05, 3.63) is 79.6 Å². The number of H-pyrrole nitrogens is 1. The maximum absolute atomic E-state index is 12.1. The first-order chi connectivity index (χ1) is 12.0. The van der Waals surface area contributed by atoms with Crippen molar-refractivity contribution >= 4 is 23.6 Å². The second-order valence-electron chi connectivity index (χ2n) is 5.26. The van der Waals surface area contributed by atoms with Crippen molar-refractivity contribution in [2.45, 2.75) is 6.92 Å². The molecule has 0 saturated heterocycles. The van der Waals surface area contributed by atoms with Crippen LogP contribution in [0.15, 0.2) is 57.2 Å². The van der Waals surface area contributed by atoms with Gasteiger partial charge < -0.3 is 5.11 Å². The lowest BCUT2D eigenvalue weighted by atomic mass is 10.2. The highest BCUT2D eigenvalue weighted by molar-refractivity contribution is 6.30. The largest absolute Gasteiger partial charge is 0.493 e. The molecule has 0 spiro atoms. The van der Waals surface area contributed by atoms with Gasteiger partial charge in [0.25, 0.3) is 5.56 Å². The minimum atomic E-state index is -0.746. The van der Waals surface area contributed by atoms with Gasteiger partial charge in [-0.2, -0.15) is 0 Å². The predicted octanol–water partition coefficient (Wildman–Crippen LogP) is 2.34. The summed E-state index contributed by atoms with van der Waals surface area (Å²) in [5, 5.41) is 10.9. The quantitative estimate of drug-likeness (QED) is 0.703. The molecule has 0 radical (unpaired) electrons. The van der Waals surface area contributed by atoms with Gasteiger partial charge in [-0.1, -0.05) is 23.7 Å². The van der Waals surface area contributed by atoms with Gasteiger partial charge in [0.1, 0.15) is 5.56 Å². The Morgan fingerprint density at radius 3 is 2.76 bits per heavy atom. The second kappa shape index (κ2) is 6.74. The zero-order valence-corrected chi connectivity index (χ0v) is 13.9. The third-order valence-electron chi connectivity index (χ3n) is 3.42. The average molecular weight is 357 g/mol. The number of nitrogens with zero attached hydrogens (tertiary/aromatic N) is 3. The monoisotopic (exact) mass is 356 g/mol. The molecule has 0 aliphatic carbocycles. The summed E-state index contributed by atoms with van der Waals surface area (Å²) in [4.78, 5) is 34.3. The van der Waals surface area contributed by atoms with E-state index in [2.05, 4.69) is 15.0 Å². The van der Waals surface area contributed by atoms with Crippen molar-refractivity contribution in [1.29, 1.82) is 0 Å². The summed E-state index contributed by atoms with van der Waals surface area (Å²) in [6.07, 6.45) is 2.56. The molecule has 25 heavy (non-hydrogen) atoms. The molecule has 2 aromatic heterocycles. The van der Waals surface area contributed by atoms with E-state index in [-0.39, 0.29) is 5.56 Å². The smallest absolute Gasteiger partial charge is 0.335 e. The summed E-state index contributed by atoms with van der Waals surface area (Å²) >= 11 is 5.75. The highest BCUT2D eigenvalue weighted by atomic mass is 35.5. The first kappa shape index (κ1) is 16.7. The summed E-state index contributed by atoms with van der Waals surface area (Å²) in [5.74, 6) is -0.200. The van der Waals surface area contributed by atoms with Crippen LogP contribution in [0, 0.1) is 6.92 Å². The van der Waals surface area contributed by atoms with Crippen molar-refractivity contribution in [3.63, 3.8) is 0 Å². The van der Waals surface area contributed by atoms with Gasteiger partial charge in [-0.05, 0) is 36.8 Å². The fourth-order valence-corrected chi connectivity index (χ4v) is 2.35. The third-order valence-corrected chi connectivity index (χ3v) is 3.64. The number of hydrogen-bond acceptors (Lipinski definition) is 5. The van der Waals surface area contributed by atoms with Gasteiger partial charge in [-0.25, -0.2) is 19.3 Å². The number of nitrogens with one attached hydrogen (secondary N) is 1. The minimum absolute atomic E-state index is 0.155. The Hall–Kier alpha value is -3.19. The van der Waals surface area contributed by atoms with E-state index in [4.69, 9.17) is 11.6 Å². The van der Waals surface area contributed by atoms with E-state index in [9.17, 15) is 14.7 Å². The molecular formula is C17H13ClN4O3. The molecule has 0 fully saturated rings. The molecule has 0 atom stereocenters. The molecule has 7 nitrogen and oxygen atoms in total. The van der Waals surface area contributed by atoms with Gasteiger partial charge in [0.2, 0.25) is 5.88 Å². The molecule has 1 aromatic carbocycles. The third kappa shape index (κ3) is 3.51. The van der Waals surface area contributed by atoms with Crippen LogP contribution in [0.3, 0.4) is 0 Å². The van der Waals surface area contributed by atoms with Gasteiger partial charge >= 0.3 is 5.69 Å². The lowest BCUT2D eigenvalue weighted by molar-refractivity contribution is 0.430. The van der Waals surface area contributed by atoms with E-state index in [1.807, 2.05) is 13.0 Å². The van der Waals surface area contributed by atoms with Crippen LogP contribution in [-0.4, -0.2) is 25.9 Å². The van der Waals surface area contributed by atoms with Crippen molar-refractivity contribution < 1.29 is 5.11 Å². The van der Waals surface area contributed by atoms with Gasteiger partial charge in [0.05, 0.1) is 10.7 Å². The van der Waals surface area contributed by atoms with Gasteiger partial charge in [0.15, 0.2) is 5.82 Å². The number of benzene rings is 1. The molecule has 2 heterocycles. The summed E-state index contributed by atoms with van der Waals surface area (Å²) < 4.78 is 1.01. The van der Waals surface area contributed by atoms with Crippen molar-refractivity contribution in [2.24, 2.45) is 4.99 Å². The molecule has 2 N–H and O–H groups in total. The Morgan fingerprint density at radius 1 is 1.28 bits per heavy atom. The molecule has 0 aliphatic rings. The normalized spacial score (nSPS) is 11.1. The second-order valence-corrected chi connectivity index (χ2v) is 5.70. The van der Waals surface area contributed by atoms with Crippen LogP contribution in [0.2, 0.25) is 5.02 Å². The van der Waals surface area contributed by atoms with Crippen molar-refractivity contribution in [3.8, 4) is 11.6 Å². The lowest BCUT2D eigenvalue weighted by Gasteiger charge is -2.10. The first-order valence-corrected chi connectivity index (χ1v) is 7.64. The maximum Gasteiger partial charge on any atom is 0.335 e. The minimum Gasteiger partial charge on any atom is -0.493 e. The number of aromatic amines is 1. The standard InChI is InChI=1S/C17H13ClN4O3/c1-10-3-2-4-12(7-10)22-16(24)13(15(23)21-17(22)25)9-20-14-6-5-11(18)8-19-14/h2-9,24H,1H3,(H,21,23,25). The predicted molar refractivity (Wildman–Crippen MR) is 95.6 cm³/mol. The van der Waals surface area contributed by atoms with Crippen molar-refractivity contribution in [1.82, 2.24) is 14.5 Å². The molecule has 0 unspecified atom stereocenters. The number of aryl methyl sites for hydroxylation is 1. The first-order valence-electron chi connectivity index (χ1n) is 7.26. The van der Waals surface area contributed by atoms with Crippen LogP contribution in [0.4, 0.5) is 5.82 Å². The number of aromatic hydroxyl groups is 1. The molecular weight excluding hydrogens is 344 g/mol. The van der Waals surface area contributed by atoms with Crippen LogP contribution >= 0.6 is 11.6 Å². The molecule has 0 bridgehead atoms.